The summed E-state index contributed by atoms with van der Waals surface area (Å²) in [6.45, 7) is 4.58. The van der Waals surface area contributed by atoms with Crippen LogP contribution in [0.15, 0.2) is 58.3 Å². The van der Waals surface area contributed by atoms with Crippen LogP contribution in [0.5, 0.6) is 0 Å². The molecule has 0 aliphatic carbocycles. The van der Waals surface area contributed by atoms with Crippen molar-refractivity contribution in [1.82, 2.24) is 0 Å². The Balaban J connectivity index is 0.00000144. The van der Waals surface area contributed by atoms with Crippen molar-refractivity contribution in [3.8, 4) is 0 Å². The van der Waals surface area contributed by atoms with Gasteiger partial charge in [-0.3, -0.25) is 0 Å². The SMILES string of the molecule is CCCCCCCCCCCCCCCCCCCCCCCCCCCc1ccc(S(=O)(=O)[O-])cc1.CCCCCCCCCCCCCCCCCCCCCCCCCCCc1ccc(S(=O)(=O)[O-])cc1.[Ca+2]. The molecule has 0 bridgehead atoms. The molecule has 0 spiro atoms. The van der Waals surface area contributed by atoms with Crippen LogP contribution < -0.4 is 0 Å². The second kappa shape index (κ2) is 55.4. The number of aryl methyl sites for hydroxylation is 2. The van der Waals surface area contributed by atoms with Crippen LogP contribution in [0.25, 0.3) is 0 Å². The van der Waals surface area contributed by atoms with Crippen molar-refractivity contribution < 1.29 is 25.9 Å². The molecular formula is C66H118CaO6S2. The van der Waals surface area contributed by atoms with E-state index >= 15 is 0 Å². The Morgan fingerprint density at radius 1 is 0.240 bits per heavy atom. The Morgan fingerprint density at radius 3 is 0.507 bits per heavy atom. The minimum absolute atomic E-state index is 0. The zero-order valence-electron chi connectivity index (χ0n) is 49.4. The first-order chi connectivity index (χ1) is 36.1. The summed E-state index contributed by atoms with van der Waals surface area (Å²) in [4.78, 5) is -0.267. The number of rotatable bonds is 54. The summed E-state index contributed by atoms with van der Waals surface area (Å²) in [7, 11) is -8.66. The van der Waals surface area contributed by atoms with Gasteiger partial charge in [0.05, 0.1) is 9.79 Å². The van der Waals surface area contributed by atoms with E-state index in [4.69, 9.17) is 0 Å². The minimum atomic E-state index is -4.33. The van der Waals surface area contributed by atoms with Crippen molar-refractivity contribution in [2.24, 2.45) is 0 Å². The van der Waals surface area contributed by atoms with Crippen molar-refractivity contribution in [2.45, 2.75) is 358 Å². The van der Waals surface area contributed by atoms with Crippen LogP contribution >= 0.6 is 0 Å². The zero-order valence-corrected chi connectivity index (χ0v) is 53.2. The molecule has 0 N–H and O–H groups in total. The van der Waals surface area contributed by atoms with Gasteiger partial charge >= 0.3 is 37.7 Å². The summed E-state index contributed by atoms with van der Waals surface area (Å²) in [5, 5.41) is 0. The van der Waals surface area contributed by atoms with Crippen molar-refractivity contribution in [2.75, 3.05) is 0 Å². The van der Waals surface area contributed by atoms with Gasteiger partial charge in [0.1, 0.15) is 20.2 Å². The summed E-state index contributed by atoms with van der Waals surface area (Å²) >= 11 is 0. The van der Waals surface area contributed by atoms with Crippen LogP contribution in [0.1, 0.15) is 346 Å². The average molecular weight is 1110 g/mol. The summed E-state index contributed by atoms with van der Waals surface area (Å²) < 4.78 is 65.8. The molecule has 0 heterocycles. The number of benzene rings is 2. The smallest absolute Gasteiger partial charge is 0.744 e. The third-order valence-electron chi connectivity index (χ3n) is 15.6. The van der Waals surface area contributed by atoms with Gasteiger partial charge in [-0.05, 0) is 61.1 Å². The summed E-state index contributed by atoms with van der Waals surface area (Å²) in [6.07, 6.45) is 72.0. The topological polar surface area (TPSA) is 114 Å². The fourth-order valence-electron chi connectivity index (χ4n) is 10.6. The number of hydrogen-bond acceptors (Lipinski definition) is 6. The maximum absolute atomic E-state index is 11.0. The molecular weight excluding hydrogens is 993 g/mol. The molecule has 9 heteroatoms. The molecule has 0 unspecified atom stereocenters. The average Bonchev–Trinajstić information content (AvgIpc) is 3.38. The molecule has 432 valence electrons. The first-order valence-electron chi connectivity index (χ1n) is 32.2. The predicted octanol–water partition coefficient (Wildman–Crippen LogP) is 21.4. The molecule has 0 fully saturated rings. The second-order valence-electron chi connectivity index (χ2n) is 22.7. The van der Waals surface area contributed by atoms with Crippen molar-refractivity contribution in [3.05, 3.63) is 59.7 Å². The molecule has 0 aliphatic rings. The molecule has 2 aromatic rings. The Hall–Kier alpha value is -0.480. The maximum atomic E-state index is 11.0. The van der Waals surface area contributed by atoms with Gasteiger partial charge < -0.3 is 9.11 Å². The van der Waals surface area contributed by atoms with Gasteiger partial charge in [-0.15, -0.1) is 0 Å². The standard InChI is InChI=1S/2C33H60O3S.Ca/c2*1-2-3-4-5-6-7-8-9-10-11-12-13-14-15-16-17-18-19-20-21-22-23-24-25-26-27-32-28-30-33(31-29-32)37(34,35)36;/h2*28-31H,2-27H2,1H3,(H,34,35,36);/q;;+2/p-2. The maximum Gasteiger partial charge on any atom is 2.00 e. The Kier molecular flexibility index (Phi) is 55.1. The first-order valence-corrected chi connectivity index (χ1v) is 35.0. The molecule has 0 aliphatic heterocycles. The first kappa shape index (κ1) is 74.5. The predicted molar refractivity (Wildman–Crippen MR) is 324 cm³/mol. The van der Waals surface area contributed by atoms with Crippen molar-refractivity contribution >= 4 is 58.0 Å². The molecule has 0 aromatic heterocycles. The van der Waals surface area contributed by atoms with Crippen LogP contribution in [-0.4, -0.2) is 63.7 Å². The fraction of sp³-hybridized carbons (Fsp3) is 0.818. The quantitative estimate of drug-likeness (QED) is 0.0370. The van der Waals surface area contributed by atoms with E-state index in [2.05, 4.69) is 13.8 Å². The normalized spacial score (nSPS) is 11.7. The molecule has 0 saturated carbocycles. The van der Waals surface area contributed by atoms with Gasteiger partial charge in [0.15, 0.2) is 0 Å². The summed E-state index contributed by atoms with van der Waals surface area (Å²) in [5.41, 5.74) is 2.22. The van der Waals surface area contributed by atoms with Crippen LogP contribution in [0.4, 0.5) is 0 Å². The van der Waals surface area contributed by atoms with E-state index in [1.165, 1.54) is 332 Å². The Morgan fingerprint density at radius 2 is 0.373 bits per heavy atom. The number of unbranched alkanes of at least 4 members (excludes halogenated alkanes) is 48. The largest absolute Gasteiger partial charge is 2.00 e. The van der Waals surface area contributed by atoms with Gasteiger partial charge in [0, 0.05) is 0 Å². The third kappa shape index (κ3) is 51.4. The molecule has 0 saturated heterocycles. The molecule has 2 aromatic carbocycles. The van der Waals surface area contributed by atoms with Gasteiger partial charge in [-0.25, -0.2) is 16.8 Å². The van der Waals surface area contributed by atoms with E-state index in [9.17, 15) is 25.9 Å². The zero-order chi connectivity index (χ0) is 53.7. The van der Waals surface area contributed by atoms with Crippen LogP contribution in [-0.2, 0) is 33.1 Å². The van der Waals surface area contributed by atoms with Crippen molar-refractivity contribution in [1.29, 1.82) is 0 Å². The monoisotopic (exact) mass is 1110 g/mol. The fourth-order valence-corrected chi connectivity index (χ4v) is 11.5. The van der Waals surface area contributed by atoms with E-state index < -0.39 is 20.2 Å². The number of hydrogen-bond donors (Lipinski definition) is 0. The van der Waals surface area contributed by atoms with E-state index in [0.29, 0.717) is 0 Å². The summed E-state index contributed by atoms with van der Waals surface area (Å²) in [5.74, 6) is 0. The van der Waals surface area contributed by atoms with E-state index in [0.717, 1.165) is 36.8 Å². The molecule has 0 amide bonds. The summed E-state index contributed by atoms with van der Waals surface area (Å²) in [6, 6.07) is 12.8. The van der Waals surface area contributed by atoms with Crippen LogP contribution in [0.2, 0.25) is 0 Å². The van der Waals surface area contributed by atoms with Gasteiger partial charge in [0.2, 0.25) is 0 Å². The second-order valence-corrected chi connectivity index (χ2v) is 25.4. The van der Waals surface area contributed by atoms with Gasteiger partial charge in [0.25, 0.3) is 0 Å². The van der Waals surface area contributed by atoms with E-state index in [-0.39, 0.29) is 47.5 Å². The van der Waals surface area contributed by atoms with Gasteiger partial charge in [-0.2, -0.15) is 0 Å². The Labute approximate surface area is 497 Å². The third-order valence-corrected chi connectivity index (χ3v) is 17.3. The minimum Gasteiger partial charge on any atom is -0.744 e. The van der Waals surface area contributed by atoms with Crippen LogP contribution in [0.3, 0.4) is 0 Å². The molecule has 2 rings (SSSR count). The van der Waals surface area contributed by atoms with E-state index in [1.807, 2.05) is 0 Å². The Bertz CT molecular complexity index is 1560. The molecule has 75 heavy (non-hydrogen) atoms. The van der Waals surface area contributed by atoms with Crippen LogP contribution in [0, 0.1) is 0 Å². The molecule has 0 radical (unpaired) electrons. The van der Waals surface area contributed by atoms with E-state index in [1.54, 1.807) is 24.3 Å². The molecule has 6 nitrogen and oxygen atoms in total. The molecule has 0 atom stereocenters. The van der Waals surface area contributed by atoms with Gasteiger partial charge in [-0.1, -0.05) is 346 Å². The van der Waals surface area contributed by atoms with Crippen molar-refractivity contribution in [3.63, 3.8) is 0 Å².